The molecule has 0 heterocycles. The maximum atomic E-state index is 12.5. The molecule has 164 valence electrons. The van der Waals surface area contributed by atoms with Crippen LogP contribution in [0.15, 0.2) is 72.3 Å². The van der Waals surface area contributed by atoms with Crippen molar-refractivity contribution >= 4 is 52.8 Å². The molecule has 3 aromatic rings. The molecule has 33 heavy (non-hydrogen) atoms. The Balaban J connectivity index is 1.72. The summed E-state index contributed by atoms with van der Waals surface area (Å²) in [4.78, 5) is 36.0. The number of ether oxygens (including phenoxy) is 1. The Bertz CT molecular complexity index is 1310. The summed E-state index contributed by atoms with van der Waals surface area (Å²) in [5.74, 6) is -2.37. The topological polar surface area (TPSA) is 116 Å². The fourth-order valence-corrected chi connectivity index (χ4v) is 3.00. The van der Waals surface area contributed by atoms with Crippen LogP contribution in [0.2, 0.25) is 10.0 Å². The molecule has 9 heteroatoms. The van der Waals surface area contributed by atoms with E-state index in [4.69, 9.17) is 27.9 Å². The molecule has 0 spiro atoms. The highest BCUT2D eigenvalue weighted by Gasteiger charge is 2.15. The number of halogens is 2. The van der Waals surface area contributed by atoms with Crippen molar-refractivity contribution in [2.45, 2.75) is 0 Å². The van der Waals surface area contributed by atoms with Crippen LogP contribution >= 0.6 is 23.2 Å². The quantitative estimate of drug-likeness (QED) is 0.209. The standard InChI is InChI=1S/C24H14Cl2N2O5/c25-19-10-7-15(12-20(19)26)24(32)33-17-8-5-14(6-9-17)11-16(13-27)22(29)28-21-4-2-1-3-18(21)23(30)31/h1-12H,(H,28,29)(H,30,31)/b16-11+. The minimum absolute atomic E-state index is 0.0701. The lowest BCUT2D eigenvalue weighted by Gasteiger charge is -2.08. The third-order valence-electron chi connectivity index (χ3n) is 4.33. The van der Waals surface area contributed by atoms with Crippen molar-refractivity contribution in [3.8, 4) is 11.8 Å². The molecule has 1 amide bonds. The van der Waals surface area contributed by atoms with Crippen LogP contribution < -0.4 is 10.1 Å². The number of para-hydroxylation sites is 1. The van der Waals surface area contributed by atoms with Gasteiger partial charge in [0.05, 0.1) is 26.9 Å². The highest BCUT2D eigenvalue weighted by atomic mass is 35.5. The summed E-state index contributed by atoms with van der Waals surface area (Å²) < 4.78 is 5.28. The Morgan fingerprint density at radius 3 is 2.30 bits per heavy atom. The molecule has 3 aromatic carbocycles. The van der Waals surface area contributed by atoms with Gasteiger partial charge in [0.15, 0.2) is 0 Å². The van der Waals surface area contributed by atoms with E-state index in [0.717, 1.165) is 0 Å². The van der Waals surface area contributed by atoms with Crippen molar-refractivity contribution < 1.29 is 24.2 Å². The lowest BCUT2D eigenvalue weighted by Crippen LogP contribution is -2.16. The van der Waals surface area contributed by atoms with Gasteiger partial charge >= 0.3 is 11.9 Å². The average molecular weight is 481 g/mol. The van der Waals surface area contributed by atoms with Crippen LogP contribution in [0.5, 0.6) is 5.75 Å². The Morgan fingerprint density at radius 2 is 1.67 bits per heavy atom. The first-order chi connectivity index (χ1) is 15.8. The summed E-state index contributed by atoms with van der Waals surface area (Å²) in [6.45, 7) is 0. The van der Waals surface area contributed by atoms with Gasteiger partial charge in [0.1, 0.15) is 17.4 Å². The van der Waals surface area contributed by atoms with Crippen LogP contribution in [0.4, 0.5) is 5.69 Å². The number of carboxylic acids is 1. The number of nitrogens with one attached hydrogen (secondary N) is 1. The summed E-state index contributed by atoms with van der Waals surface area (Å²) in [5, 5.41) is 21.6. The molecule has 0 aliphatic heterocycles. The van der Waals surface area contributed by atoms with Crippen LogP contribution in [-0.2, 0) is 4.79 Å². The van der Waals surface area contributed by atoms with Gasteiger partial charge in [-0.25, -0.2) is 9.59 Å². The van der Waals surface area contributed by atoms with Crippen molar-refractivity contribution in [1.29, 1.82) is 5.26 Å². The number of carbonyl (C=O) groups is 3. The van der Waals surface area contributed by atoms with Gasteiger partial charge in [0, 0.05) is 0 Å². The predicted molar refractivity (Wildman–Crippen MR) is 123 cm³/mol. The lowest BCUT2D eigenvalue weighted by atomic mass is 10.1. The van der Waals surface area contributed by atoms with E-state index in [2.05, 4.69) is 5.32 Å². The molecule has 2 N–H and O–H groups in total. The van der Waals surface area contributed by atoms with Gasteiger partial charge in [-0.05, 0) is 54.1 Å². The smallest absolute Gasteiger partial charge is 0.343 e. The monoisotopic (exact) mass is 480 g/mol. The maximum Gasteiger partial charge on any atom is 0.343 e. The summed E-state index contributed by atoms with van der Waals surface area (Å²) in [5.41, 5.74) is 0.439. The zero-order valence-electron chi connectivity index (χ0n) is 16.7. The Hall–Kier alpha value is -4.12. The number of rotatable bonds is 6. The second kappa shape index (κ2) is 10.5. The summed E-state index contributed by atoms with van der Waals surface area (Å²) >= 11 is 11.7. The Labute approximate surface area is 198 Å². The van der Waals surface area contributed by atoms with Crippen molar-refractivity contribution in [2.75, 3.05) is 5.32 Å². The minimum atomic E-state index is -1.21. The average Bonchev–Trinajstić information content (AvgIpc) is 2.80. The Kier molecular flexibility index (Phi) is 7.46. The van der Waals surface area contributed by atoms with Gasteiger partial charge in [0.2, 0.25) is 0 Å². The molecule has 0 aliphatic carbocycles. The van der Waals surface area contributed by atoms with E-state index in [1.807, 2.05) is 0 Å². The third kappa shape index (κ3) is 5.98. The largest absolute Gasteiger partial charge is 0.478 e. The number of benzene rings is 3. The second-order valence-corrected chi connectivity index (χ2v) is 7.38. The number of carboxylic acid groups (broad SMARTS) is 1. The lowest BCUT2D eigenvalue weighted by molar-refractivity contribution is -0.112. The van der Waals surface area contributed by atoms with E-state index in [9.17, 15) is 24.8 Å². The van der Waals surface area contributed by atoms with E-state index >= 15 is 0 Å². The van der Waals surface area contributed by atoms with Crippen LogP contribution in [-0.4, -0.2) is 23.0 Å². The van der Waals surface area contributed by atoms with E-state index in [1.54, 1.807) is 24.3 Å². The minimum Gasteiger partial charge on any atom is -0.478 e. The molecular weight excluding hydrogens is 467 g/mol. The molecule has 0 radical (unpaired) electrons. The fourth-order valence-electron chi connectivity index (χ4n) is 2.70. The number of esters is 1. The van der Waals surface area contributed by atoms with E-state index in [1.165, 1.54) is 54.6 Å². The molecule has 0 fully saturated rings. The molecule has 0 atom stereocenters. The van der Waals surface area contributed by atoms with Gasteiger partial charge in [0.25, 0.3) is 5.91 Å². The molecule has 0 aliphatic rings. The number of carbonyl (C=O) groups excluding carboxylic acids is 2. The molecule has 0 saturated carbocycles. The number of aromatic carboxylic acids is 1. The van der Waals surface area contributed by atoms with Crippen molar-refractivity contribution in [2.24, 2.45) is 0 Å². The molecule has 7 nitrogen and oxygen atoms in total. The highest BCUT2D eigenvalue weighted by molar-refractivity contribution is 6.42. The first kappa shape index (κ1) is 23.5. The third-order valence-corrected chi connectivity index (χ3v) is 5.07. The van der Waals surface area contributed by atoms with Crippen LogP contribution in [0.3, 0.4) is 0 Å². The Morgan fingerprint density at radius 1 is 0.970 bits per heavy atom. The number of anilines is 1. The van der Waals surface area contributed by atoms with E-state index < -0.39 is 17.8 Å². The number of nitrogens with zero attached hydrogens (tertiary/aromatic N) is 1. The maximum absolute atomic E-state index is 12.5. The number of hydrogen-bond acceptors (Lipinski definition) is 5. The molecule has 0 saturated heterocycles. The van der Waals surface area contributed by atoms with Gasteiger partial charge in [-0.1, -0.05) is 47.5 Å². The molecular formula is C24H14Cl2N2O5. The van der Waals surface area contributed by atoms with Crippen molar-refractivity contribution in [3.63, 3.8) is 0 Å². The summed E-state index contributed by atoms with van der Waals surface area (Å²) in [6.07, 6.45) is 1.32. The molecule has 0 aromatic heterocycles. The van der Waals surface area contributed by atoms with Crippen LogP contribution in [0.1, 0.15) is 26.3 Å². The van der Waals surface area contributed by atoms with E-state index in [-0.39, 0.29) is 33.2 Å². The number of hydrogen-bond donors (Lipinski definition) is 2. The molecule has 3 rings (SSSR count). The first-order valence-corrected chi connectivity index (χ1v) is 10.1. The predicted octanol–water partition coefficient (Wildman–Crippen LogP) is 5.46. The molecule has 0 bridgehead atoms. The second-order valence-electron chi connectivity index (χ2n) is 6.56. The summed E-state index contributed by atoms with van der Waals surface area (Å²) in [7, 11) is 0. The summed E-state index contributed by atoms with van der Waals surface area (Å²) in [6, 6.07) is 18.1. The zero-order chi connectivity index (χ0) is 24.0. The number of nitriles is 1. The fraction of sp³-hybridized carbons (Fsp3) is 0. The van der Waals surface area contributed by atoms with E-state index in [0.29, 0.717) is 10.6 Å². The highest BCUT2D eigenvalue weighted by Crippen LogP contribution is 2.24. The molecule has 0 unspecified atom stereocenters. The van der Waals surface area contributed by atoms with Crippen LogP contribution in [0.25, 0.3) is 6.08 Å². The zero-order valence-corrected chi connectivity index (χ0v) is 18.2. The SMILES string of the molecule is N#C/C(=C\c1ccc(OC(=O)c2ccc(Cl)c(Cl)c2)cc1)C(=O)Nc1ccccc1C(=O)O. The van der Waals surface area contributed by atoms with Gasteiger partial charge in [-0.2, -0.15) is 5.26 Å². The van der Waals surface area contributed by atoms with Crippen molar-refractivity contribution in [3.05, 3.63) is 99.0 Å². The van der Waals surface area contributed by atoms with Crippen molar-refractivity contribution in [1.82, 2.24) is 0 Å². The number of amides is 1. The van der Waals surface area contributed by atoms with Gasteiger partial charge < -0.3 is 15.2 Å². The first-order valence-electron chi connectivity index (χ1n) is 9.31. The van der Waals surface area contributed by atoms with Crippen LogP contribution in [0, 0.1) is 11.3 Å². The van der Waals surface area contributed by atoms with Gasteiger partial charge in [-0.3, -0.25) is 4.79 Å². The van der Waals surface area contributed by atoms with Gasteiger partial charge in [-0.15, -0.1) is 0 Å². The normalized spacial score (nSPS) is 10.8.